The molecule has 1 aliphatic carbocycles. The van der Waals surface area contributed by atoms with E-state index in [2.05, 4.69) is 11.8 Å². The van der Waals surface area contributed by atoms with E-state index >= 15 is 0 Å². The molecule has 1 heterocycles. The molecule has 25 heavy (non-hydrogen) atoms. The number of hydrogen-bond donors (Lipinski definition) is 0. The molecule has 2 fully saturated rings. The number of carbonyl (C=O) groups excluding carboxylic acids is 2. The monoisotopic (exact) mass is 343 g/mol. The molecule has 2 aliphatic rings. The van der Waals surface area contributed by atoms with Gasteiger partial charge in [-0.2, -0.15) is 0 Å². The fourth-order valence-corrected chi connectivity index (χ4v) is 3.31. The average Bonchev–Trinajstić information content (AvgIpc) is 3.50. The first-order valence-corrected chi connectivity index (χ1v) is 9.49. The summed E-state index contributed by atoms with van der Waals surface area (Å²) in [5.41, 5.74) is 1.87. The number of anilines is 1. The first-order valence-electron chi connectivity index (χ1n) is 9.49. The van der Waals surface area contributed by atoms with E-state index in [9.17, 15) is 9.59 Å². The molecule has 2 amide bonds. The third-order valence-corrected chi connectivity index (χ3v) is 5.19. The van der Waals surface area contributed by atoms with E-state index in [1.165, 1.54) is 0 Å². The summed E-state index contributed by atoms with van der Waals surface area (Å²) in [5, 5.41) is 0. The highest BCUT2D eigenvalue weighted by Gasteiger charge is 2.34. The maximum atomic E-state index is 12.4. The molecule has 0 spiro atoms. The molecule has 1 saturated carbocycles. The summed E-state index contributed by atoms with van der Waals surface area (Å²) in [5.74, 6) is 0.733. The van der Waals surface area contributed by atoms with Crippen molar-refractivity contribution in [1.82, 2.24) is 9.80 Å². The molecular weight excluding hydrogens is 314 g/mol. The van der Waals surface area contributed by atoms with Gasteiger partial charge in [-0.05, 0) is 43.5 Å². The van der Waals surface area contributed by atoms with Crippen LogP contribution in [0.25, 0.3) is 0 Å². The van der Waals surface area contributed by atoms with Crippen LogP contribution in [0, 0.1) is 5.92 Å². The van der Waals surface area contributed by atoms with Crippen LogP contribution >= 0.6 is 0 Å². The molecule has 136 valence electrons. The fraction of sp³-hybridized carbons (Fsp3) is 0.600. The van der Waals surface area contributed by atoms with Crippen LogP contribution < -0.4 is 4.90 Å². The van der Waals surface area contributed by atoms with Crippen molar-refractivity contribution < 1.29 is 9.59 Å². The van der Waals surface area contributed by atoms with Crippen molar-refractivity contribution in [2.45, 2.75) is 32.6 Å². The van der Waals surface area contributed by atoms with E-state index in [1.807, 2.05) is 36.2 Å². The third kappa shape index (κ3) is 4.33. The zero-order chi connectivity index (χ0) is 17.8. The van der Waals surface area contributed by atoms with Gasteiger partial charge in [0.2, 0.25) is 5.91 Å². The van der Waals surface area contributed by atoms with Gasteiger partial charge in [-0.3, -0.25) is 9.59 Å². The summed E-state index contributed by atoms with van der Waals surface area (Å²) in [6, 6.07) is 7.89. The van der Waals surface area contributed by atoms with Gasteiger partial charge in [-0.15, -0.1) is 0 Å². The van der Waals surface area contributed by atoms with Gasteiger partial charge >= 0.3 is 0 Å². The van der Waals surface area contributed by atoms with E-state index in [-0.39, 0.29) is 5.91 Å². The molecule has 5 nitrogen and oxygen atoms in total. The topological polar surface area (TPSA) is 43.9 Å². The number of rotatable bonds is 6. The number of carbonyl (C=O) groups is 2. The molecule has 0 bridgehead atoms. The van der Waals surface area contributed by atoms with E-state index in [4.69, 9.17) is 0 Å². The van der Waals surface area contributed by atoms with Crippen LogP contribution in [-0.2, 0) is 4.79 Å². The predicted molar refractivity (Wildman–Crippen MR) is 99.8 cm³/mol. The average molecular weight is 343 g/mol. The van der Waals surface area contributed by atoms with Gasteiger partial charge in [0.15, 0.2) is 0 Å². The predicted octanol–water partition coefficient (Wildman–Crippen LogP) is 2.62. The normalized spacial score (nSPS) is 17.5. The highest BCUT2D eigenvalue weighted by atomic mass is 16.2. The maximum Gasteiger partial charge on any atom is 0.253 e. The Morgan fingerprint density at radius 1 is 1.08 bits per heavy atom. The lowest BCUT2D eigenvalue weighted by atomic mass is 10.1. The van der Waals surface area contributed by atoms with Crippen molar-refractivity contribution in [3.05, 3.63) is 29.8 Å². The number of amides is 2. The van der Waals surface area contributed by atoms with E-state index < -0.39 is 0 Å². The molecule has 0 radical (unpaired) electrons. The van der Waals surface area contributed by atoms with Gasteiger partial charge < -0.3 is 14.7 Å². The van der Waals surface area contributed by atoms with Crippen LogP contribution in [0.1, 0.15) is 43.0 Å². The van der Waals surface area contributed by atoms with Crippen LogP contribution in [0.3, 0.4) is 0 Å². The standard InChI is InChI=1S/C20H29N3O2/c1-3-4-11-21(2)19(24)16-7-9-18(10-8-16)22-12-14-23(15-13-22)20(25)17-5-6-17/h7-10,17H,3-6,11-15H2,1-2H3. The van der Waals surface area contributed by atoms with E-state index in [1.54, 1.807) is 4.90 Å². The van der Waals surface area contributed by atoms with Gasteiger partial charge in [0.1, 0.15) is 0 Å². The van der Waals surface area contributed by atoms with Gasteiger partial charge in [0.05, 0.1) is 0 Å². The molecule has 1 aromatic carbocycles. The van der Waals surface area contributed by atoms with Crippen LogP contribution in [0.2, 0.25) is 0 Å². The van der Waals surface area contributed by atoms with Crippen molar-refractivity contribution in [1.29, 1.82) is 0 Å². The number of nitrogens with zero attached hydrogens (tertiary/aromatic N) is 3. The molecule has 1 saturated heterocycles. The van der Waals surface area contributed by atoms with Gasteiger partial charge in [0.25, 0.3) is 5.91 Å². The minimum absolute atomic E-state index is 0.0832. The first-order chi connectivity index (χ1) is 12.1. The zero-order valence-electron chi connectivity index (χ0n) is 15.4. The molecule has 0 atom stereocenters. The summed E-state index contributed by atoms with van der Waals surface area (Å²) >= 11 is 0. The Morgan fingerprint density at radius 3 is 2.28 bits per heavy atom. The van der Waals surface area contributed by atoms with Crippen LogP contribution in [-0.4, -0.2) is 61.4 Å². The lowest BCUT2D eigenvalue weighted by molar-refractivity contribution is -0.132. The second-order valence-electron chi connectivity index (χ2n) is 7.21. The smallest absolute Gasteiger partial charge is 0.253 e. The van der Waals surface area contributed by atoms with Crippen LogP contribution in [0.4, 0.5) is 5.69 Å². The minimum Gasteiger partial charge on any atom is -0.368 e. The van der Waals surface area contributed by atoms with Crippen molar-refractivity contribution in [3.63, 3.8) is 0 Å². The third-order valence-electron chi connectivity index (χ3n) is 5.19. The van der Waals surface area contributed by atoms with Crippen molar-refractivity contribution in [3.8, 4) is 0 Å². The lowest BCUT2D eigenvalue weighted by Gasteiger charge is -2.36. The molecule has 1 aliphatic heterocycles. The number of benzene rings is 1. The van der Waals surface area contributed by atoms with Crippen LogP contribution in [0.5, 0.6) is 0 Å². The largest absolute Gasteiger partial charge is 0.368 e. The first kappa shape index (κ1) is 17.8. The summed E-state index contributed by atoms with van der Waals surface area (Å²) in [6.07, 6.45) is 4.26. The Kier molecular flexibility index (Phi) is 5.61. The van der Waals surface area contributed by atoms with Crippen molar-refractivity contribution in [2.24, 2.45) is 5.92 Å². The van der Waals surface area contributed by atoms with E-state index in [0.29, 0.717) is 11.8 Å². The highest BCUT2D eigenvalue weighted by Crippen LogP contribution is 2.31. The van der Waals surface area contributed by atoms with E-state index in [0.717, 1.165) is 69.7 Å². The molecular formula is C20H29N3O2. The molecule has 5 heteroatoms. The molecule has 0 N–H and O–H groups in total. The SMILES string of the molecule is CCCCN(C)C(=O)c1ccc(N2CCN(C(=O)C3CC3)CC2)cc1. The molecule has 0 unspecified atom stereocenters. The number of unbranched alkanes of at least 4 members (excludes halogenated alkanes) is 1. The molecule has 0 aromatic heterocycles. The Morgan fingerprint density at radius 2 is 1.72 bits per heavy atom. The second-order valence-corrected chi connectivity index (χ2v) is 7.21. The van der Waals surface area contributed by atoms with Gasteiger partial charge in [-0.25, -0.2) is 0 Å². The van der Waals surface area contributed by atoms with Gasteiger partial charge in [0, 0.05) is 56.9 Å². The maximum absolute atomic E-state index is 12.4. The number of piperazine rings is 1. The Hall–Kier alpha value is -2.04. The van der Waals surface area contributed by atoms with Crippen molar-refractivity contribution in [2.75, 3.05) is 44.7 Å². The highest BCUT2D eigenvalue weighted by molar-refractivity contribution is 5.94. The molecule has 3 rings (SSSR count). The fourth-order valence-electron chi connectivity index (χ4n) is 3.31. The minimum atomic E-state index is 0.0832. The number of hydrogen-bond acceptors (Lipinski definition) is 3. The summed E-state index contributed by atoms with van der Waals surface area (Å²) in [4.78, 5) is 30.6. The molecule has 1 aromatic rings. The zero-order valence-corrected chi connectivity index (χ0v) is 15.4. The summed E-state index contributed by atoms with van der Waals surface area (Å²) in [6.45, 7) is 6.26. The van der Waals surface area contributed by atoms with Crippen molar-refractivity contribution >= 4 is 17.5 Å². The Bertz CT molecular complexity index is 602. The van der Waals surface area contributed by atoms with Gasteiger partial charge in [-0.1, -0.05) is 13.3 Å². The summed E-state index contributed by atoms with van der Waals surface area (Å²) < 4.78 is 0. The quantitative estimate of drug-likeness (QED) is 0.797. The van der Waals surface area contributed by atoms with Crippen LogP contribution in [0.15, 0.2) is 24.3 Å². The Labute approximate surface area is 150 Å². The Balaban J connectivity index is 1.54. The second kappa shape index (κ2) is 7.89. The summed E-state index contributed by atoms with van der Waals surface area (Å²) in [7, 11) is 1.86. The lowest BCUT2D eigenvalue weighted by Crippen LogP contribution is -2.49.